The number of nitrogens with zero attached hydrogens (tertiary/aromatic N) is 1. The van der Waals surface area contributed by atoms with Crippen molar-refractivity contribution in [2.24, 2.45) is 11.7 Å². The van der Waals surface area contributed by atoms with Crippen LogP contribution in [-0.4, -0.2) is 45.7 Å². The molecule has 0 amide bonds. The fourth-order valence-corrected chi connectivity index (χ4v) is 2.50. The molecule has 0 bridgehead atoms. The van der Waals surface area contributed by atoms with Crippen molar-refractivity contribution in [1.82, 2.24) is 0 Å². The van der Waals surface area contributed by atoms with Crippen LogP contribution in [-0.2, 0) is 14.2 Å². The van der Waals surface area contributed by atoms with Crippen LogP contribution in [0.1, 0.15) is 32.1 Å². The van der Waals surface area contributed by atoms with Crippen LogP contribution < -0.4 is 5.73 Å². The Morgan fingerprint density at radius 1 is 1.21 bits per heavy atom. The predicted molar refractivity (Wildman–Crippen MR) is 72.6 cm³/mol. The van der Waals surface area contributed by atoms with Gasteiger partial charge in [-0.1, -0.05) is 6.42 Å². The zero-order valence-electron chi connectivity index (χ0n) is 11.9. The Kier molecular flexibility index (Phi) is 7.99. The summed E-state index contributed by atoms with van der Waals surface area (Å²) in [6, 6.07) is 2.26. The summed E-state index contributed by atoms with van der Waals surface area (Å²) in [5.74, 6) is 0.278. The van der Waals surface area contributed by atoms with Crippen molar-refractivity contribution in [2.75, 3.05) is 40.1 Å². The average Bonchev–Trinajstić information content (AvgIpc) is 2.79. The molecule has 0 aliphatic heterocycles. The van der Waals surface area contributed by atoms with E-state index < -0.39 is 5.54 Å². The smallest absolute Gasteiger partial charge is 0.107 e. The molecule has 5 nitrogen and oxygen atoms in total. The lowest BCUT2D eigenvalue weighted by Gasteiger charge is -2.23. The van der Waals surface area contributed by atoms with Gasteiger partial charge in [0.15, 0.2) is 0 Å². The normalized spacial score (nSPS) is 26.5. The third-order valence-electron chi connectivity index (χ3n) is 3.70. The molecule has 0 aromatic carbocycles. The fraction of sp³-hybridized carbons (Fsp3) is 0.929. The van der Waals surface area contributed by atoms with Crippen molar-refractivity contribution in [2.45, 2.75) is 37.6 Å². The molecular formula is C14H26N2O3. The molecule has 5 heteroatoms. The molecule has 1 rings (SSSR count). The standard InChI is InChI=1S/C14H26N2O3/c1-17-7-3-8-18-10-11-19-9-5-13-4-2-6-14(13,16)12-15/h13H,2-11,16H2,1H3. The Balaban J connectivity index is 1.95. The first kappa shape index (κ1) is 16.4. The number of nitrogens with two attached hydrogens (primary N) is 1. The molecule has 1 aliphatic rings. The lowest BCUT2D eigenvalue weighted by Crippen LogP contribution is -2.42. The van der Waals surface area contributed by atoms with Crippen molar-refractivity contribution in [3.8, 4) is 6.07 Å². The molecule has 0 heterocycles. The van der Waals surface area contributed by atoms with E-state index in [9.17, 15) is 0 Å². The Labute approximate surface area is 116 Å². The highest BCUT2D eigenvalue weighted by atomic mass is 16.5. The monoisotopic (exact) mass is 270 g/mol. The number of hydrogen-bond donors (Lipinski definition) is 1. The SMILES string of the molecule is COCCCOCCOCCC1CCCC1(N)C#N. The highest BCUT2D eigenvalue weighted by Gasteiger charge is 2.39. The van der Waals surface area contributed by atoms with Gasteiger partial charge in [0.05, 0.1) is 19.3 Å². The van der Waals surface area contributed by atoms with E-state index in [-0.39, 0.29) is 5.92 Å². The number of hydrogen-bond acceptors (Lipinski definition) is 5. The molecule has 0 aromatic rings. The summed E-state index contributed by atoms with van der Waals surface area (Å²) in [7, 11) is 1.69. The molecule has 1 saturated carbocycles. The van der Waals surface area contributed by atoms with Crippen LogP contribution in [0.25, 0.3) is 0 Å². The Morgan fingerprint density at radius 3 is 2.63 bits per heavy atom. The predicted octanol–water partition coefficient (Wildman–Crippen LogP) is 1.47. The largest absolute Gasteiger partial charge is 0.385 e. The van der Waals surface area contributed by atoms with Crippen molar-refractivity contribution in [1.29, 1.82) is 5.26 Å². The summed E-state index contributed by atoms with van der Waals surface area (Å²) >= 11 is 0. The second-order valence-corrected chi connectivity index (χ2v) is 5.10. The van der Waals surface area contributed by atoms with Gasteiger partial charge in [0.1, 0.15) is 5.54 Å². The summed E-state index contributed by atoms with van der Waals surface area (Å²) < 4.78 is 15.8. The molecule has 1 aliphatic carbocycles. The van der Waals surface area contributed by atoms with Crippen LogP contribution in [0.3, 0.4) is 0 Å². The van der Waals surface area contributed by atoms with Gasteiger partial charge < -0.3 is 19.9 Å². The Bertz CT molecular complexity index is 280. The molecule has 0 saturated heterocycles. The summed E-state index contributed by atoms with van der Waals surface area (Å²) in [5, 5.41) is 9.09. The van der Waals surface area contributed by atoms with Gasteiger partial charge in [0.2, 0.25) is 0 Å². The molecule has 0 aromatic heterocycles. The summed E-state index contributed by atoms with van der Waals surface area (Å²) in [6.07, 6.45) is 4.69. The summed E-state index contributed by atoms with van der Waals surface area (Å²) in [4.78, 5) is 0. The summed E-state index contributed by atoms with van der Waals surface area (Å²) in [6.45, 7) is 3.31. The van der Waals surface area contributed by atoms with Crippen LogP contribution in [0, 0.1) is 17.2 Å². The molecule has 0 spiro atoms. The highest BCUT2D eigenvalue weighted by molar-refractivity contribution is 5.11. The molecule has 19 heavy (non-hydrogen) atoms. The number of ether oxygens (including phenoxy) is 3. The maximum atomic E-state index is 9.09. The summed E-state index contributed by atoms with van der Waals surface area (Å²) in [5.41, 5.74) is 5.43. The van der Waals surface area contributed by atoms with Crippen molar-refractivity contribution in [3.63, 3.8) is 0 Å². The topological polar surface area (TPSA) is 77.5 Å². The first-order chi connectivity index (χ1) is 9.23. The lowest BCUT2D eigenvalue weighted by atomic mass is 9.87. The Morgan fingerprint density at radius 2 is 1.95 bits per heavy atom. The van der Waals surface area contributed by atoms with Crippen molar-refractivity contribution in [3.05, 3.63) is 0 Å². The maximum absolute atomic E-state index is 9.09. The third kappa shape index (κ3) is 5.87. The van der Waals surface area contributed by atoms with E-state index in [0.717, 1.165) is 38.7 Å². The second-order valence-electron chi connectivity index (χ2n) is 5.10. The van der Waals surface area contributed by atoms with E-state index in [1.165, 1.54) is 0 Å². The first-order valence-corrected chi connectivity index (χ1v) is 7.07. The van der Waals surface area contributed by atoms with Gasteiger partial charge >= 0.3 is 0 Å². The maximum Gasteiger partial charge on any atom is 0.107 e. The molecule has 110 valence electrons. The number of nitriles is 1. The van der Waals surface area contributed by atoms with E-state index in [1.54, 1.807) is 7.11 Å². The minimum Gasteiger partial charge on any atom is -0.385 e. The van der Waals surface area contributed by atoms with E-state index in [1.807, 2.05) is 0 Å². The third-order valence-corrected chi connectivity index (χ3v) is 3.70. The van der Waals surface area contributed by atoms with E-state index in [4.69, 9.17) is 25.2 Å². The number of methoxy groups -OCH3 is 1. The zero-order chi connectivity index (χ0) is 14.0. The van der Waals surface area contributed by atoms with E-state index >= 15 is 0 Å². The van der Waals surface area contributed by atoms with Gasteiger partial charge in [-0.2, -0.15) is 5.26 Å². The average molecular weight is 270 g/mol. The first-order valence-electron chi connectivity index (χ1n) is 7.07. The molecule has 2 atom stereocenters. The van der Waals surface area contributed by atoms with Gasteiger partial charge in [0.25, 0.3) is 0 Å². The second kappa shape index (κ2) is 9.27. The van der Waals surface area contributed by atoms with E-state index in [2.05, 4.69) is 6.07 Å². The van der Waals surface area contributed by atoms with Crippen molar-refractivity contribution < 1.29 is 14.2 Å². The highest BCUT2D eigenvalue weighted by Crippen LogP contribution is 2.35. The molecule has 1 fully saturated rings. The van der Waals surface area contributed by atoms with Crippen LogP contribution in [0.15, 0.2) is 0 Å². The van der Waals surface area contributed by atoms with Crippen LogP contribution in [0.2, 0.25) is 0 Å². The van der Waals surface area contributed by atoms with E-state index in [0.29, 0.717) is 26.4 Å². The van der Waals surface area contributed by atoms with Gasteiger partial charge in [-0.05, 0) is 31.6 Å². The van der Waals surface area contributed by atoms with Crippen LogP contribution >= 0.6 is 0 Å². The lowest BCUT2D eigenvalue weighted by molar-refractivity contribution is 0.0346. The quantitative estimate of drug-likeness (QED) is 0.608. The minimum absolute atomic E-state index is 0.278. The van der Waals surface area contributed by atoms with Gasteiger partial charge in [-0.15, -0.1) is 0 Å². The van der Waals surface area contributed by atoms with Crippen molar-refractivity contribution >= 4 is 0 Å². The minimum atomic E-state index is -0.625. The number of rotatable bonds is 10. The molecule has 2 N–H and O–H groups in total. The molecule has 2 unspecified atom stereocenters. The zero-order valence-corrected chi connectivity index (χ0v) is 11.9. The fourth-order valence-electron chi connectivity index (χ4n) is 2.50. The van der Waals surface area contributed by atoms with Gasteiger partial charge in [-0.3, -0.25) is 0 Å². The van der Waals surface area contributed by atoms with Crippen LogP contribution in [0.5, 0.6) is 0 Å². The Hall–Kier alpha value is -0.670. The van der Waals surface area contributed by atoms with Gasteiger partial charge in [0, 0.05) is 26.9 Å². The molecular weight excluding hydrogens is 244 g/mol. The molecule has 0 radical (unpaired) electrons. The van der Waals surface area contributed by atoms with Gasteiger partial charge in [-0.25, -0.2) is 0 Å². The van der Waals surface area contributed by atoms with Crippen LogP contribution in [0.4, 0.5) is 0 Å².